The Balaban J connectivity index is 2.11. The number of nitrogens with one attached hydrogen (secondary N) is 1. The molecule has 0 bridgehead atoms. The molecule has 1 N–H and O–H groups in total. The van der Waals surface area contributed by atoms with Gasteiger partial charge in [-0.3, -0.25) is 9.59 Å². The van der Waals surface area contributed by atoms with Gasteiger partial charge in [-0.2, -0.15) is 0 Å². The van der Waals surface area contributed by atoms with E-state index in [1.54, 1.807) is 19.9 Å². The zero-order valence-corrected chi connectivity index (χ0v) is 13.7. The van der Waals surface area contributed by atoms with Crippen LogP contribution in [-0.4, -0.2) is 18.0 Å². The average molecular weight is 324 g/mol. The number of hydrogen-bond donors (Lipinski definition) is 1. The van der Waals surface area contributed by atoms with Crippen molar-refractivity contribution in [3.05, 3.63) is 34.9 Å². The van der Waals surface area contributed by atoms with E-state index < -0.39 is 6.04 Å². The number of amides is 1. The zero-order chi connectivity index (χ0) is 16.1. The predicted octanol–water partition coefficient (Wildman–Crippen LogP) is 3.64. The van der Waals surface area contributed by atoms with Gasteiger partial charge < -0.3 is 10.1 Å². The molecule has 5 heteroatoms. The maximum atomic E-state index is 12.2. The molecule has 0 heterocycles. The van der Waals surface area contributed by atoms with E-state index in [-0.39, 0.29) is 30.3 Å². The number of esters is 1. The third kappa shape index (κ3) is 4.47. The monoisotopic (exact) mass is 323 g/mol. The first kappa shape index (κ1) is 16.8. The van der Waals surface area contributed by atoms with Crippen LogP contribution in [0.25, 0.3) is 0 Å². The van der Waals surface area contributed by atoms with E-state index >= 15 is 0 Å². The fourth-order valence-electron chi connectivity index (χ4n) is 2.43. The van der Waals surface area contributed by atoms with Crippen LogP contribution in [0.3, 0.4) is 0 Å². The van der Waals surface area contributed by atoms with Gasteiger partial charge in [0.05, 0.1) is 18.6 Å². The van der Waals surface area contributed by atoms with Crippen LogP contribution in [0.2, 0.25) is 5.02 Å². The lowest BCUT2D eigenvalue weighted by Crippen LogP contribution is -2.38. The molecule has 0 aliphatic heterocycles. The van der Waals surface area contributed by atoms with Gasteiger partial charge in [-0.1, -0.05) is 36.2 Å². The summed E-state index contributed by atoms with van der Waals surface area (Å²) in [5.41, 5.74) is 0.748. The first-order valence-electron chi connectivity index (χ1n) is 7.71. The Morgan fingerprint density at radius 3 is 2.55 bits per heavy atom. The first-order chi connectivity index (χ1) is 10.5. The maximum absolute atomic E-state index is 12.2. The lowest BCUT2D eigenvalue weighted by Gasteiger charge is -2.28. The van der Waals surface area contributed by atoms with Crippen LogP contribution in [0.15, 0.2) is 24.3 Å². The fraction of sp³-hybridized carbons (Fsp3) is 0.529. The van der Waals surface area contributed by atoms with Crippen molar-refractivity contribution in [1.82, 2.24) is 5.32 Å². The van der Waals surface area contributed by atoms with E-state index in [1.165, 1.54) is 0 Å². The summed E-state index contributed by atoms with van der Waals surface area (Å²) in [4.78, 5) is 24.2. The van der Waals surface area contributed by atoms with Gasteiger partial charge in [0, 0.05) is 10.9 Å². The predicted molar refractivity (Wildman–Crippen MR) is 85.5 cm³/mol. The van der Waals surface area contributed by atoms with Crippen LogP contribution in [0.1, 0.15) is 51.1 Å². The minimum atomic E-state index is -0.451. The molecule has 22 heavy (non-hydrogen) atoms. The Bertz CT molecular complexity index is 540. The highest BCUT2D eigenvalue weighted by atomic mass is 35.5. The molecule has 1 atom stereocenters. The third-order valence-corrected chi connectivity index (χ3v) is 4.16. The fourth-order valence-corrected chi connectivity index (χ4v) is 2.70. The molecule has 0 saturated heterocycles. The summed E-state index contributed by atoms with van der Waals surface area (Å²) in [6.45, 7) is 3.60. The molecule has 0 spiro atoms. The lowest BCUT2D eigenvalue weighted by atomic mass is 9.84. The van der Waals surface area contributed by atoms with Gasteiger partial charge in [-0.25, -0.2) is 0 Å². The van der Waals surface area contributed by atoms with Crippen molar-refractivity contribution in [3.8, 4) is 0 Å². The van der Waals surface area contributed by atoms with Gasteiger partial charge in [-0.15, -0.1) is 0 Å². The Labute approximate surface area is 136 Å². The van der Waals surface area contributed by atoms with Crippen LogP contribution < -0.4 is 5.32 Å². The second kappa shape index (κ2) is 7.63. The van der Waals surface area contributed by atoms with E-state index in [2.05, 4.69) is 5.32 Å². The van der Waals surface area contributed by atoms with E-state index in [1.807, 2.05) is 18.2 Å². The van der Waals surface area contributed by atoms with Crippen molar-refractivity contribution in [3.63, 3.8) is 0 Å². The highest BCUT2D eigenvalue weighted by Gasteiger charge is 2.29. The topological polar surface area (TPSA) is 55.4 Å². The van der Waals surface area contributed by atoms with Crippen LogP contribution in [0.4, 0.5) is 0 Å². The number of hydrogen-bond acceptors (Lipinski definition) is 3. The van der Waals surface area contributed by atoms with Crippen molar-refractivity contribution in [1.29, 1.82) is 0 Å². The van der Waals surface area contributed by atoms with E-state index in [0.29, 0.717) is 5.02 Å². The summed E-state index contributed by atoms with van der Waals surface area (Å²) in [6, 6.07) is 6.80. The maximum Gasteiger partial charge on any atom is 0.308 e. The van der Waals surface area contributed by atoms with Gasteiger partial charge in [-0.05, 0) is 38.3 Å². The van der Waals surface area contributed by atoms with Crippen molar-refractivity contribution >= 4 is 23.5 Å². The van der Waals surface area contributed by atoms with Crippen LogP contribution in [-0.2, 0) is 14.3 Å². The summed E-state index contributed by atoms with van der Waals surface area (Å²) < 4.78 is 5.19. The third-order valence-electron chi connectivity index (χ3n) is 3.81. The van der Waals surface area contributed by atoms with Crippen LogP contribution in [0.5, 0.6) is 0 Å². The first-order valence-corrected chi connectivity index (χ1v) is 8.09. The molecule has 1 aliphatic carbocycles. The van der Waals surface area contributed by atoms with Crippen molar-refractivity contribution in [2.24, 2.45) is 5.92 Å². The highest BCUT2D eigenvalue weighted by molar-refractivity contribution is 6.31. The Morgan fingerprint density at radius 1 is 1.32 bits per heavy atom. The van der Waals surface area contributed by atoms with Gasteiger partial charge in [0.2, 0.25) is 5.91 Å². The van der Waals surface area contributed by atoms with Gasteiger partial charge in [0.15, 0.2) is 0 Å². The molecule has 2 rings (SSSR count). The normalized spacial score (nSPS) is 16.0. The van der Waals surface area contributed by atoms with Crippen molar-refractivity contribution < 1.29 is 14.3 Å². The summed E-state index contributed by atoms with van der Waals surface area (Å²) in [5, 5.41) is 3.50. The zero-order valence-electron chi connectivity index (χ0n) is 13.0. The molecule has 1 aromatic carbocycles. The number of ether oxygens (including phenoxy) is 1. The molecule has 4 nitrogen and oxygen atoms in total. The molecule has 0 radical (unpaired) electrons. The second-order valence-electron chi connectivity index (χ2n) is 5.95. The number of halogens is 1. The number of rotatable bonds is 6. The molecule has 1 fully saturated rings. The molecule has 1 aliphatic rings. The molecule has 0 aromatic heterocycles. The minimum absolute atomic E-state index is 0.00600. The van der Waals surface area contributed by atoms with E-state index in [9.17, 15) is 9.59 Å². The molecule has 0 unspecified atom stereocenters. The lowest BCUT2D eigenvalue weighted by molar-refractivity contribution is -0.148. The standard InChI is InChI=1S/C17H22ClNO3/c1-11(2)22-16(20)10-15(13-8-3-4-9-14(13)18)19-17(21)12-6-5-7-12/h3-4,8-9,11-12,15H,5-7,10H2,1-2H3,(H,19,21)/t15-/m0/s1. The summed E-state index contributed by atoms with van der Waals surface area (Å²) in [7, 11) is 0. The molecule has 1 amide bonds. The smallest absolute Gasteiger partial charge is 0.308 e. The minimum Gasteiger partial charge on any atom is -0.463 e. The average Bonchev–Trinajstić information content (AvgIpc) is 2.35. The van der Waals surface area contributed by atoms with E-state index in [0.717, 1.165) is 24.8 Å². The molecule has 1 saturated carbocycles. The summed E-state index contributed by atoms with van der Waals surface area (Å²) in [6.07, 6.45) is 2.82. The molecular formula is C17H22ClNO3. The van der Waals surface area contributed by atoms with Crippen LogP contribution in [0, 0.1) is 5.92 Å². The van der Waals surface area contributed by atoms with Crippen LogP contribution >= 0.6 is 11.6 Å². The largest absolute Gasteiger partial charge is 0.463 e. The van der Waals surface area contributed by atoms with Crippen molar-refractivity contribution in [2.75, 3.05) is 0 Å². The van der Waals surface area contributed by atoms with Crippen molar-refractivity contribution in [2.45, 2.75) is 51.7 Å². The van der Waals surface area contributed by atoms with Gasteiger partial charge >= 0.3 is 5.97 Å². The summed E-state index contributed by atoms with van der Waals surface area (Å²) in [5.74, 6) is -0.284. The Kier molecular flexibility index (Phi) is 5.83. The number of carbonyl (C=O) groups excluding carboxylic acids is 2. The Hall–Kier alpha value is -1.55. The molecule has 120 valence electrons. The van der Waals surface area contributed by atoms with E-state index in [4.69, 9.17) is 16.3 Å². The Morgan fingerprint density at radius 2 is 2.00 bits per heavy atom. The number of benzene rings is 1. The highest BCUT2D eigenvalue weighted by Crippen LogP contribution is 2.30. The quantitative estimate of drug-likeness (QED) is 0.813. The molecular weight excluding hydrogens is 302 g/mol. The van der Waals surface area contributed by atoms with Gasteiger partial charge in [0.25, 0.3) is 0 Å². The second-order valence-corrected chi connectivity index (χ2v) is 6.36. The summed E-state index contributed by atoms with van der Waals surface area (Å²) >= 11 is 6.22. The number of carbonyl (C=O) groups is 2. The SMILES string of the molecule is CC(C)OC(=O)C[C@H](NC(=O)C1CCC1)c1ccccc1Cl. The van der Waals surface area contributed by atoms with Gasteiger partial charge in [0.1, 0.15) is 0 Å². The molecule has 1 aromatic rings.